The number of benzene rings is 2. The van der Waals surface area contributed by atoms with E-state index in [0.717, 1.165) is 22.9 Å². The van der Waals surface area contributed by atoms with Crippen LogP contribution in [-0.2, 0) is 17.6 Å². The van der Waals surface area contributed by atoms with Crippen LogP contribution in [0.25, 0.3) is 10.9 Å². The minimum Gasteiger partial charge on any atom is -0.356 e. The zero-order valence-electron chi connectivity index (χ0n) is 13.9. The van der Waals surface area contributed by atoms with Gasteiger partial charge in [-0.1, -0.05) is 55.5 Å². The van der Waals surface area contributed by atoms with Gasteiger partial charge in [-0.15, -0.1) is 0 Å². The molecule has 122 valence electrons. The first-order valence-corrected chi connectivity index (χ1v) is 8.37. The summed E-state index contributed by atoms with van der Waals surface area (Å²) in [6.07, 6.45) is 3.43. The molecule has 2 aromatic carbocycles. The highest BCUT2D eigenvalue weighted by molar-refractivity contribution is 5.80. The van der Waals surface area contributed by atoms with Crippen LogP contribution in [0.1, 0.15) is 18.1 Å². The summed E-state index contributed by atoms with van der Waals surface area (Å²) in [6.45, 7) is 2.64. The summed E-state index contributed by atoms with van der Waals surface area (Å²) in [5, 5.41) is 4.15. The maximum Gasteiger partial charge on any atom is 0.223 e. The van der Waals surface area contributed by atoms with E-state index in [-0.39, 0.29) is 11.8 Å². The first-order valence-electron chi connectivity index (χ1n) is 8.37. The number of nitrogens with zero attached hydrogens (tertiary/aromatic N) is 1. The number of pyridine rings is 1. The van der Waals surface area contributed by atoms with Crippen LogP contribution in [0.2, 0.25) is 0 Å². The first kappa shape index (κ1) is 16.2. The SMILES string of the molecule is CC(Cc1cnc2ccccc2c1)C(=O)NCCc1ccccc1. The fraction of sp³-hybridized carbons (Fsp3) is 0.238. The van der Waals surface area contributed by atoms with Gasteiger partial charge in [0.25, 0.3) is 0 Å². The van der Waals surface area contributed by atoms with E-state index in [1.54, 1.807) is 0 Å². The Hall–Kier alpha value is -2.68. The molecule has 0 fully saturated rings. The number of nitrogens with one attached hydrogen (secondary N) is 1. The molecule has 1 N–H and O–H groups in total. The van der Waals surface area contributed by atoms with Crippen LogP contribution in [0.5, 0.6) is 0 Å². The average Bonchev–Trinajstić information content (AvgIpc) is 2.62. The number of amides is 1. The summed E-state index contributed by atoms with van der Waals surface area (Å²) in [5.74, 6) is 0.0304. The molecule has 0 saturated carbocycles. The Morgan fingerprint density at radius 2 is 1.79 bits per heavy atom. The molecular weight excluding hydrogens is 296 g/mol. The van der Waals surface area contributed by atoms with Crippen molar-refractivity contribution >= 4 is 16.8 Å². The van der Waals surface area contributed by atoms with Crippen molar-refractivity contribution in [2.24, 2.45) is 5.92 Å². The van der Waals surface area contributed by atoms with E-state index in [0.29, 0.717) is 13.0 Å². The fourth-order valence-corrected chi connectivity index (χ4v) is 2.82. The Labute approximate surface area is 142 Å². The zero-order valence-corrected chi connectivity index (χ0v) is 13.9. The largest absolute Gasteiger partial charge is 0.356 e. The molecule has 0 spiro atoms. The van der Waals surface area contributed by atoms with Gasteiger partial charge >= 0.3 is 0 Å². The molecule has 1 heterocycles. The van der Waals surface area contributed by atoms with Crippen molar-refractivity contribution in [3.8, 4) is 0 Å². The molecule has 1 amide bonds. The van der Waals surface area contributed by atoms with Gasteiger partial charge in [-0.3, -0.25) is 9.78 Å². The lowest BCUT2D eigenvalue weighted by atomic mass is 10.0. The van der Waals surface area contributed by atoms with Gasteiger partial charge in [-0.25, -0.2) is 0 Å². The fourth-order valence-electron chi connectivity index (χ4n) is 2.82. The Balaban J connectivity index is 1.53. The predicted octanol–water partition coefficient (Wildman–Crippen LogP) is 3.77. The molecule has 3 heteroatoms. The standard InChI is InChI=1S/C21H22N2O/c1-16(21(24)22-12-11-17-7-3-2-4-8-17)13-18-14-19-9-5-6-10-20(19)23-15-18/h2-10,14-16H,11-13H2,1H3,(H,22,24). The molecule has 1 aromatic heterocycles. The van der Waals surface area contributed by atoms with Crippen LogP contribution >= 0.6 is 0 Å². The van der Waals surface area contributed by atoms with E-state index in [1.165, 1.54) is 5.56 Å². The van der Waals surface area contributed by atoms with Gasteiger partial charge in [0.05, 0.1) is 5.52 Å². The molecule has 0 aliphatic rings. The van der Waals surface area contributed by atoms with E-state index in [4.69, 9.17) is 0 Å². The molecule has 3 aromatic rings. The smallest absolute Gasteiger partial charge is 0.223 e. The molecule has 3 nitrogen and oxygen atoms in total. The Bertz CT molecular complexity index is 814. The van der Waals surface area contributed by atoms with Crippen molar-refractivity contribution in [1.82, 2.24) is 10.3 Å². The molecule has 0 aliphatic heterocycles. The van der Waals surface area contributed by atoms with Gasteiger partial charge in [-0.2, -0.15) is 0 Å². The highest BCUT2D eigenvalue weighted by Gasteiger charge is 2.13. The Morgan fingerprint density at radius 3 is 2.62 bits per heavy atom. The van der Waals surface area contributed by atoms with Crippen LogP contribution in [0.3, 0.4) is 0 Å². The summed E-state index contributed by atoms with van der Waals surface area (Å²) in [5.41, 5.74) is 3.32. The van der Waals surface area contributed by atoms with Crippen molar-refractivity contribution < 1.29 is 4.79 Å². The molecular formula is C21H22N2O. The Morgan fingerprint density at radius 1 is 1.04 bits per heavy atom. The minimum absolute atomic E-state index is 0.0660. The third-order valence-corrected chi connectivity index (χ3v) is 4.19. The van der Waals surface area contributed by atoms with E-state index in [9.17, 15) is 4.79 Å². The maximum atomic E-state index is 12.3. The number of para-hydroxylation sites is 1. The first-order chi connectivity index (χ1) is 11.7. The molecule has 3 rings (SSSR count). The van der Waals surface area contributed by atoms with Gasteiger partial charge in [0.2, 0.25) is 5.91 Å². The molecule has 0 bridgehead atoms. The van der Waals surface area contributed by atoms with Crippen LogP contribution in [0.4, 0.5) is 0 Å². The van der Waals surface area contributed by atoms with Gasteiger partial charge in [0.15, 0.2) is 0 Å². The van der Waals surface area contributed by atoms with E-state index in [1.807, 2.05) is 49.5 Å². The third-order valence-electron chi connectivity index (χ3n) is 4.19. The number of fused-ring (bicyclic) bond motifs is 1. The molecule has 0 radical (unpaired) electrons. The van der Waals surface area contributed by atoms with Crippen molar-refractivity contribution in [2.75, 3.05) is 6.54 Å². The predicted molar refractivity (Wildman–Crippen MR) is 97.8 cm³/mol. The number of carbonyl (C=O) groups is 1. The lowest BCUT2D eigenvalue weighted by Crippen LogP contribution is -2.31. The molecule has 0 saturated heterocycles. The number of rotatable bonds is 6. The Kier molecular flexibility index (Phi) is 5.22. The summed E-state index contributed by atoms with van der Waals surface area (Å²) in [6, 6.07) is 20.4. The zero-order chi connectivity index (χ0) is 16.8. The number of aromatic nitrogens is 1. The van der Waals surface area contributed by atoms with Gasteiger partial charge < -0.3 is 5.32 Å². The van der Waals surface area contributed by atoms with Crippen molar-refractivity contribution in [2.45, 2.75) is 19.8 Å². The molecule has 1 unspecified atom stereocenters. The second-order valence-electron chi connectivity index (χ2n) is 6.17. The molecule has 1 atom stereocenters. The van der Waals surface area contributed by atoms with E-state index < -0.39 is 0 Å². The van der Waals surface area contributed by atoms with Gasteiger partial charge in [-0.05, 0) is 36.1 Å². The third kappa shape index (κ3) is 4.19. The van der Waals surface area contributed by atoms with Crippen molar-refractivity contribution in [3.63, 3.8) is 0 Å². The van der Waals surface area contributed by atoms with Crippen LogP contribution in [-0.4, -0.2) is 17.4 Å². The summed E-state index contributed by atoms with van der Waals surface area (Å²) >= 11 is 0. The highest BCUT2D eigenvalue weighted by atomic mass is 16.1. The second kappa shape index (κ2) is 7.73. The quantitative estimate of drug-likeness (QED) is 0.751. The average molecular weight is 318 g/mol. The summed E-state index contributed by atoms with van der Waals surface area (Å²) in [7, 11) is 0. The summed E-state index contributed by atoms with van der Waals surface area (Å²) in [4.78, 5) is 16.7. The molecule has 24 heavy (non-hydrogen) atoms. The topological polar surface area (TPSA) is 42.0 Å². The van der Waals surface area contributed by atoms with Crippen molar-refractivity contribution in [1.29, 1.82) is 0 Å². The lowest BCUT2D eigenvalue weighted by molar-refractivity contribution is -0.124. The van der Waals surface area contributed by atoms with Crippen LogP contribution in [0.15, 0.2) is 66.9 Å². The number of hydrogen-bond acceptors (Lipinski definition) is 2. The highest BCUT2D eigenvalue weighted by Crippen LogP contribution is 2.15. The maximum absolute atomic E-state index is 12.3. The van der Waals surface area contributed by atoms with Crippen LogP contribution in [0, 0.1) is 5.92 Å². The second-order valence-corrected chi connectivity index (χ2v) is 6.17. The lowest BCUT2D eigenvalue weighted by Gasteiger charge is -2.12. The van der Waals surface area contributed by atoms with E-state index >= 15 is 0 Å². The van der Waals surface area contributed by atoms with E-state index in [2.05, 4.69) is 34.6 Å². The normalized spacial score (nSPS) is 12.0. The summed E-state index contributed by atoms with van der Waals surface area (Å²) < 4.78 is 0. The monoisotopic (exact) mass is 318 g/mol. The number of carbonyl (C=O) groups excluding carboxylic acids is 1. The molecule has 0 aliphatic carbocycles. The number of hydrogen-bond donors (Lipinski definition) is 1. The van der Waals surface area contributed by atoms with Crippen LogP contribution < -0.4 is 5.32 Å². The minimum atomic E-state index is -0.0660. The van der Waals surface area contributed by atoms with Gasteiger partial charge in [0.1, 0.15) is 0 Å². The van der Waals surface area contributed by atoms with Gasteiger partial charge in [0, 0.05) is 24.0 Å². The van der Waals surface area contributed by atoms with Crippen molar-refractivity contribution in [3.05, 3.63) is 78.0 Å².